The number of hydrogen-bond donors (Lipinski definition) is 1. The molecule has 7 heteroatoms. The highest BCUT2D eigenvalue weighted by Crippen LogP contribution is 2.29. The van der Waals surface area contributed by atoms with Gasteiger partial charge in [-0.3, -0.25) is 10.1 Å². The van der Waals surface area contributed by atoms with Gasteiger partial charge < -0.3 is 14.2 Å². The van der Waals surface area contributed by atoms with Gasteiger partial charge in [0, 0.05) is 12.2 Å². The van der Waals surface area contributed by atoms with Crippen LogP contribution in [0.2, 0.25) is 0 Å². The number of nitrogens with zero attached hydrogens (tertiary/aromatic N) is 1. The minimum atomic E-state index is -0.202. The fourth-order valence-corrected chi connectivity index (χ4v) is 3.81. The number of ether oxygens (including phenoxy) is 3. The van der Waals surface area contributed by atoms with Gasteiger partial charge in [0.2, 0.25) is 0 Å². The molecular weight excluding hydrogens is 364 g/mol. The molecule has 0 saturated carbocycles. The Morgan fingerprint density at radius 3 is 2.81 bits per heavy atom. The first kappa shape index (κ1) is 17.8. The summed E-state index contributed by atoms with van der Waals surface area (Å²) in [6, 6.07) is 12.7. The normalized spacial score (nSPS) is 16.4. The first-order chi connectivity index (χ1) is 13.2. The number of rotatable bonds is 6. The molecule has 1 amide bonds. The number of thiazole rings is 1. The van der Waals surface area contributed by atoms with Crippen LogP contribution in [-0.2, 0) is 4.74 Å². The maximum Gasteiger partial charge on any atom is 0.257 e. The van der Waals surface area contributed by atoms with Crippen LogP contribution in [0.1, 0.15) is 23.2 Å². The Morgan fingerprint density at radius 1 is 1.26 bits per heavy atom. The van der Waals surface area contributed by atoms with Crippen molar-refractivity contribution in [3.8, 4) is 11.5 Å². The molecule has 2 aromatic carbocycles. The standard InChI is InChI=1S/C20H20N2O4S/c1-24-15-8-9-17-18(11-15)27-20(21-17)22-19(23)13-4-6-14(7-5-13)26-12-16-3-2-10-25-16/h4-9,11,16H,2-3,10,12H2,1H3,(H,21,22,23)/t16-/m0/s1. The van der Waals surface area contributed by atoms with Crippen LogP contribution in [-0.4, -0.2) is 37.3 Å². The Hall–Kier alpha value is -2.64. The number of carbonyl (C=O) groups excluding carboxylic acids is 1. The topological polar surface area (TPSA) is 69.7 Å². The van der Waals surface area contributed by atoms with Gasteiger partial charge in [0.1, 0.15) is 18.1 Å². The van der Waals surface area contributed by atoms with E-state index in [0.29, 0.717) is 17.3 Å². The third-order valence-corrected chi connectivity index (χ3v) is 5.33. The van der Waals surface area contributed by atoms with Crippen molar-refractivity contribution in [1.29, 1.82) is 0 Å². The summed E-state index contributed by atoms with van der Waals surface area (Å²) in [5.41, 5.74) is 1.38. The van der Waals surface area contributed by atoms with Gasteiger partial charge in [-0.05, 0) is 55.3 Å². The average molecular weight is 384 g/mol. The Kier molecular flexibility index (Phi) is 5.22. The fourth-order valence-electron chi connectivity index (χ4n) is 2.92. The molecule has 3 aromatic rings. The van der Waals surface area contributed by atoms with E-state index in [0.717, 1.165) is 41.2 Å². The lowest BCUT2D eigenvalue weighted by Crippen LogP contribution is -2.16. The van der Waals surface area contributed by atoms with Crippen LogP contribution in [0.4, 0.5) is 5.13 Å². The van der Waals surface area contributed by atoms with E-state index in [-0.39, 0.29) is 12.0 Å². The van der Waals surface area contributed by atoms with Crippen LogP contribution in [0.15, 0.2) is 42.5 Å². The van der Waals surface area contributed by atoms with Crippen molar-refractivity contribution in [2.75, 3.05) is 25.6 Å². The smallest absolute Gasteiger partial charge is 0.257 e. The predicted octanol–water partition coefficient (Wildman–Crippen LogP) is 4.12. The van der Waals surface area contributed by atoms with Crippen molar-refractivity contribution in [2.24, 2.45) is 0 Å². The summed E-state index contributed by atoms with van der Waals surface area (Å²) in [5, 5.41) is 3.41. The van der Waals surface area contributed by atoms with E-state index in [9.17, 15) is 4.79 Å². The molecule has 6 nitrogen and oxygen atoms in total. The summed E-state index contributed by atoms with van der Waals surface area (Å²) in [6.07, 6.45) is 2.30. The Bertz CT molecular complexity index is 933. The lowest BCUT2D eigenvalue weighted by molar-refractivity contribution is 0.0679. The van der Waals surface area contributed by atoms with Gasteiger partial charge in [0.15, 0.2) is 5.13 Å². The van der Waals surface area contributed by atoms with Gasteiger partial charge >= 0.3 is 0 Å². The molecule has 27 heavy (non-hydrogen) atoms. The maximum absolute atomic E-state index is 12.5. The molecule has 4 rings (SSSR count). The average Bonchev–Trinajstić information content (AvgIpc) is 3.35. The SMILES string of the molecule is COc1ccc2nc(NC(=O)c3ccc(OC[C@@H]4CCCO4)cc3)sc2c1. The Balaban J connectivity index is 1.38. The number of benzene rings is 2. The summed E-state index contributed by atoms with van der Waals surface area (Å²) in [4.78, 5) is 16.9. The molecule has 0 aliphatic carbocycles. The second-order valence-corrected chi connectivity index (χ2v) is 7.31. The zero-order valence-electron chi connectivity index (χ0n) is 14.9. The molecule has 0 bridgehead atoms. The molecule has 1 aromatic heterocycles. The molecule has 1 N–H and O–H groups in total. The lowest BCUT2D eigenvalue weighted by Gasteiger charge is -2.11. The van der Waals surface area contributed by atoms with Crippen molar-refractivity contribution >= 4 is 32.6 Å². The van der Waals surface area contributed by atoms with E-state index in [1.807, 2.05) is 18.2 Å². The monoisotopic (exact) mass is 384 g/mol. The molecule has 1 fully saturated rings. The minimum Gasteiger partial charge on any atom is -0.497 e. The first-order valence-electron chi connectivity index (χ1n) is 8.82. The van der Waals surface area contributed by atoms with Crippen LogP contribution in [0.25, 0.3) is 10.2 Å². The number of anilines is 1. The zero-order chi connectivity index (χ0) is 18.6. The third-order valence-electron chi connectivity index (χ3n) is 4.39. The first-order valence-corrected chi connectivity index (χ1v) is 9.63. The quantitative estimate of drug-likeness (QED) is 0.692. The molecule has 1 atom stereocenters. The van der Waals surface area contributed by atoms with E-state index >= 15 is 0 Å². The van der Waals surface area contributed by atoms with Crippen LogP contribution in [0.5, 0.6) is 11.5 Å². The summed E-state index contributed by atoms with van der Waals surface area (Å²) in [7, 11) is 1.62. The van der Waals surface area contributed by atoms with Crippen LogP contribution < -0.4 is 14.8 Å². The molecule has 1 aliphatic rings. The van der Waals surface area contributed by atoms with Gasteiger partial charge in [-0.1, -0.05) is 11.3 Å². The molecule has 1 aliphatic heterocycles. The number of amides is 1. The van der Waals surface area contributed by atoms with E-state index in [1.54, 1.807) is 31.4 Å². The molecule has 1 saturated heterocycles. The van der Waals surface area contributed by atoms with Gasteiger partial charge in [-0.25, -0.2) is 4.98 Å². The summed E-state index contributed by atoms with van der Waals surface area (Å²) in [5.74, 6) is 1.29. The van der Waals surface area contributed by atoms with Crippen molar-refractivity contribution in [3.63, 3.8) is 0 Å². The maximum atomic E-state index is 12.5. The second kappa shape index (κ2) is 7.94. The largest absolute Gasteiger partial charge is 0.497 e. The number of carbonyl (C=O) groups is 1. The fraction of sp³-hybridized carbons (Fsp3) is 0.300. The van der Waals surface area contributed by atoms with E-state index in [2.05, 4.69) is 10.3 Å². The number of nitrogens with one attached hydrogen (secondary N) is 1. The highest BCUT2D eigenvalue weighted by atomic mass is 32.1. The molecule has 2 heterocycles. The second-order valence-electron chi connectivity index (χ2n) is 6.28. The van der Waals surface area contributed by atoms with Crippen molar-refractivity contribution in [2.45, 2.75) is 18.9 Å². The predicted molar refractivity (Wildman–Crippen MR) is 105 cm³/mol. The zero-order valence-corrected chi connectivity index (χ0v) is 15.8. The molecule has 140 valence electrons. The van der Waals surface area contributed by atoms with Crippen molar-refractivity contribution < 1.29 is 19.0 Å². The third kappa shape index (κ3) is 4.20. The van der Waals surface area contributed by atoms with E-state index in [1.165, 1.54) is 11.3 Å². The molecule has 0 spiro atoms. The highest BCUT2D eigenvalue weighted by molar-refractivity contribution is 7.22. The van der Waals surface area contributed by atoms with Gasteiger partial charge in [0.25, 0.3) is 5.91 Å². The Morgan fingerprint density at radius 2 is 2.07 bits per heavy atom. The summed E-state index contributed by atoms with van der Waals surface area (Å²) >= 11 is 1.41. The van der Waals surface area contributed by atoms with Gasteiger partial charge in [-0.15, -0.1) is 0 Å². The van der Waals surface area contributed by atoms with E-state index in [4.69, 9.17) is 14.2 Å². The minimum absolute atomic E-state index is 0.172. The van der Waals surface area contributed by atoms with Gasteiger partial charge in [0.05, 0.1) is 23.4 Å². The molecule has 0 unspecified atom stereocenters. The Labute approximate surface area is 161 Å². The summed E-state index contributed by atoms with van der Waals surface area (Å²) in [6.45, 7) is 1.35. The number of aromatic nitrogens is 1. The molecular formula is C20H20N2O4S. The van der Waals surface area contributed by atoms with Crippen molar-refractivity contribution in [1.82, 2.24) is 4.98 Å². The van der Waals surface area contributed by atoms with E-state index < -0.39 is 0 Å². The van der Waals surface area contributed by atoms with Crippen molar-refractivity contribution in [3.05, 3.63) is 48.0 Å². The van der Waals surface area contributed by atoms with Gasteiger partial charge in [-0.2, -0.15) is 0 Å². The lowest BCUT2D eigenvalue weighted by atomic mass is 10.2. The summed E-state index contributed by atoms with van der Waals surface area (Å²) < 4.78 is 17.4. The number of methoxy groups -OCH3 is 1. The number of hydrogen-bond acceptors (Lipinski definition) is 6. The highest BCUT2D eigenvalue weighted by Gasteiger charge is 2.16. The van der Waals surface area contributed by atoms with Crippen LogP contribution in [0, 0.1) is 0 Å². The number of fused-ring (bicyclic) bond motifs is 1. The van der Waals surface area contributed by atoms with Crippen LogP contribution in [0.3, 0.4) is 0 Å². The molecule has 0 radical (unpaired) electrons. The van der Waals surface area contributed by atoms with Crippen LogP contribution >= 0.6 is 11.3 Å².